The number of amides is 1. The van der Waals surface area contributed by atoms with Gasteiger partial charge in [-0.3, -0.25) is 9.48 Å². The number of hydrogen-bond acceptors (Lipinski definition) is 8. The zero-order valence-corrected chi connectivity index (χ0v) is 24.8. The summed E-state index contributed by atoms with van der Waals surface area (Å²) in [7, 11) is -2.77. The van der Waals surface area contributed by atoms with Crippen LogP contribution < -0.4 is 15.4 Å². The second kappa shape index (κ2) is 10.0. The lowest BCUT2D eigenvalue weighted by molar-refractivity contribution is -0.219. The van der Waals surface area contributed by atoms with Gasteiger partial charge in [0.25, 0.3) is 5.91 Å². The molecular weight excluding hydrogens is 563 g/mol. The highest BCUT2D eigenvalue weighted by atomic mass is 32.2. The number of halogens is 3. The predicted molar refractivity (Wildman–Crippen MR) is 144 cm³/mol. The smallest absolute Gasteiger partial charge is 0.397 e. The lowest BCUT2D eigenvalue weighted by atomic mass is 9.94. The fourth-order valence-electron chi connectivity index (χ4n) is 5.02. The third-order valence-corrected chi connectivity index (χ3v) is 9.10. The Labute approximate surface area is 236 Å². The van der Waals surface area contributed by atoms with Gasteiger partial charge in [0.2, 0.25) is 15.7 Å². The Bertz CT molecular complexity index is 1590. The minimum Gasteiger partial charge on any atom is -0.476 e. The first-order valence-electron chi connectivity index (χ1n) is 12.9. The molecule has 0 bridgehead atoms. The van der Waals surface area contributed by atoms with E-state index in [4.69, 9.17) is 10.5 Å². The molecule has 4 rings (SSSR count). The number of alkyl halides is 3. The van der Waals surface area contributed by atoms with Crippen molar-refractivity contribution >= 4 is 21.6 Å². The number of nitrogens with two attached hydrogens (primary N) is 1. The predicted octanol–water partition coefficient (Wildman–Crippen LogP) is 3.83. The number of aryl methyl sites for hydroxylation is 2. The Kier molecular flexibility index (Phi) is 7.42. The van der Waals surface area contributed by atoms with Crippen molar-refractivity contribution in [3.63, 3.8) is 0 Å². The number of sulfone groups is 1. The van der Waals surface area contributed by atoms with Crippen LogP contribution in [0.1, 0.15) is 57.1 Å². The van der Waals surface area contributed by atoms with Crippen LogP contribution in [0.4, 0.5) is 19.0 Å². The average molecular weight is 598 g/mol. The van der Waals surface area contributed by atoms with Crippen LogP contribution in [0, 0.1) is 18.3 Å². The van der Waals surface area contributed by atoms with Crippen molar-refractivity contribution in [2.45, 2.75) is 69.5 Å². The van der Waals surface area contributed by atoms with Crippen LogP contribution in [0.5, 0.6) is 5.88 Å². The molecule has 0 unspecified atom stereocenters. The standard InChI is InChI=1S/C26H34F3N7O4S/c1-15-11-25(5,6)35(12-15)23-21(22(30)37)17(41(38,39)18-13-34(7)32-16(18)2)10-19(31-23)36-9-8-20(33-36)40-14-24(3,4)26(27,28)29/h8-10,13,15H,11-12,14H2,1-7H3,(H2,30,37)/t15-/m0/s1. The van der Waals surface area contributed by atoms with Crippen LogP contribution in [0.3, 0.4) is 0 Å². The minimum absolute atomic E-state index is 0.00500. The van der Waals surface area contributed by atoms with E-state index in [1.807, 2.05) is 25.7 Å². The van der Waals surface area contributed by atoms with Gasteiger partial charge in [0, 0.05) is 43.7 Å². The largest absolute Gasteiger partial charge is 0.476 e. The molecule has 1 atom stereocenters. The molecule has 0 saturated carbocycles. The first-order chi connectivity index (χ1) is 18.7. The molecule has 1 saturated heterocycles. The van der Waals surface area contributed by atoms with Crippen molar-refractivity contribution in [2.75, 3.05) is 18.1 Å². The summed E-state index contributed by atoms with van der Waals surface area (Å²) >= 11 is 0. The first-order valence-corrected chi connectivity index (χ1v) is 14.4. The maximum atomic E-state index is 14.0. The number of carbonyl (C=O) groups is 1. The van der Waals surface area contributed by atoms with E-state index in [0.717, 1.165) is 20.3 Å². The lowest BCUT2D eigenvalue weighted by Crippen LogP contribution is -2.40. The molecule has 0 aromatic carbocycles. The molecule has 2 N–H and O–H groups in total. The van der Waals surface area contributed by atoms with Crippen LogP contribution >= 0.6 is 0 Å². The molecule has 1 aliphatic rings. The van der Waals surface area contributed by atoms with Gasteiger partial charge in [-0.1, -0.05) is 6.92 Å². The first kappa shape index (κ1) is 30.3. The number of pyridine rings is 1. The maximum Gasteiger partial charge on any atom is 0.397 e. The van der Waals surface area contributed by atoms with Crippen LogP contribution in [-0.4, -0.2) is 63.7 Å². The summed E-state index contributed by atoms with van der Waals surface area (Å²) in [6, 6.07) is 2.52. The Morgan fingerprint density at radius 3 is 2.39 bits per heavy atom. The number of ether oxygens (including phenoxy) is 1. The van der Waals surface area contributed by atoms with Gasteiger partial charge < -0.3 is 15.4 Å². The number of aromatic nitrogens is 5. The topological polar surface area (TPSA) is 138 Å². The van der Waals surface area contributed by atoms with Gasteiger partial charge in [-0.2, -0.15) is 18.3 Å². The second-order valence-corrected chi connectivity index (χ2v) is 13.7. The molecule has 3 aromatic heterocycles. The van der Waals surface area contributed by atoms with E-state index in [1.54, 1.807) is 7.05 Å². The average Bonchev–Trinajstić information content (AvgIpc) is 3.52. The third-order valence-electron chi connectivity index (χ3n) is 7.22. The van der Waals surface area contributed by atoms with Gasteiger partial charge >= 0.3 is 6.18 Å². The van der Waals surface area contributed by atoms with Crippen LogP contribution in [0.25, 0.3) is 5.82 Å². The Morgan fingerprint density at radius 2 is 1.88 bits per heavy atom. The molecule has 0 spiro atoms. The molecule has 3 aromatic rings. The Hall–Kier alpha value is -3.62. The van der Waals surface area contributed by atoms with E-state index in [0.29, 0.717) is 6.54 Å². The molecule has 1 fully saturated rings. The number of nitrogens with zero attached hydrogens (tertiary/aromatic N) is 6. The van der Waals surface area contributed by atoms with Crippen LogP contribution in [0.15, 0.2) is 34.3 Å². The van der Waals surface area contributed by atoms with Gasteiger partial charge in [-0.15, -0.1) is 5.10 Å². The van der Waals surface area contributed by atoms with E-state index in [-0.39, 0.29) is 44.5 Å². The maximum absolute atomic E-state index is 14.0. The number of primary amides is 1. The van der Waals surface area contributed by atoms with Crippen molar-refractivity contribution in [1.29, 1.82) is 0 Å². The van der Waals surface area contributed by atoms with E-state index in [9.17, 15) is 26.4 Å². The molecule has 224 valence electrons. The van der Waals surface area contributed by atoms with Crippen molar-refractivity contribution in [1.82, 2.24) is 24.5 Å². The highest BCUT2D eigenvalue weighted by molar-refractivity contribution is 7.91. The van der Waals surface area contributed by atoms with Crippen LogP contribution in [0.2, 0.25) is 0 Å². The highest BCUT2D eigenvalue weighted by Crippen LogP contribution is 2.41. The van der Waals surface area contributed by atoms with Gasteiger partial charge in [-0.05, 0) is 47.0 Å². The Balaban J connectivity index is 1.90. The van der Waals surface area contributed by atoms with E-state index in [1.165, 1.54) is 40.8 Å². The van der Waals surface area contributed by atoms with Gasteiger partial charge in [0.1, 0.15) is 22.9 Å². The van der Waals surface area contributed by atoms with E-state index in [2.05, 4.69) is 15.2 Å². The molecule has 0 radical (unpaired) electrons. The van der Waals surface area contributed by atoms with Gasteiger partial charge in [0.15, 0.2) is 5.82 Å². The lowest BCUT2D eigenvalue weighted by Gasteiger charge is -2.34. The van der Waals surface area contributed by atoms with Gasteiger partial charge in [0.05, 0.1) is 16.0 Å². The van der Waals surface area contributed by atoms with E-state index < -0.39 is 39.5 Å². The molecule has 0 aliphatic carbocycles. The minimum atomic E-state index is -4.50. The quantitative estimate of drug-likeness (QED) is 0.414. The summed E-state index contributed by atoms with van der Waals surface area (Å²) < 4.78 is 75.8. The summed E-state index contributed by atoms with van der Waals surface area (Å²) in [4.78, 5) is 18.9. The van der Waals surface area contributed by atoms with Crippen molar-refractivity contribution in [3.05, 3.63) is 35.8 Å². The molecule has 1 amide bonds. The number of rotatable bonds is 8. The summed E-state index contributed by atoms with van der Waals surface area (Å²) in [5.41, 5.74) is 3.13. The zero-order chi connectivity index (χ0) is 30.7. The monoisotopic (exact) mass is 597 g/mol. The number of anilines is 1. The molecular formula is C26H34F3N7O4S. The fraction of sp³-hybridized carbons (Fsp3) is 0.538. The molecule has 11 nitrogen and oxygen atoms in total. The van der Waals surface area contributed by atoms with Crippen molar-refractivity contribution in [2.24, 2.45) is 24.1 Å². The van der Waals surface area contributed by atoms with Crippen molar-refractivity contribution < 1.29 is 31.1 Å². The SMILES string of the molecule is Cc1nn(C)cc1S(=O)(=O)c1cc(-n2ccc(OCC(C)(C)C(F)(F)F)n2)nc(N2C[C@@H](C)CC2(C)C)c1C(N)=O. The van der Waals surface area contributed by atoms with Crippen LogP contribution in [-0.2, 0) is 16.9 Å². The Morgan fingerprint density at radius 1 is 1.22 bits per heavy atom. The zero-order valence-electron chi connectivity index (χ0n) is 23.9. The molecule has 4 heterocycles. The summed E-state index contributed by atoms with van der Waals surface area (Å²) in [6.45, 7) is 9.29. The molecule has 15 heteroatoms. The second-order valence-electron chi connectivity index (χ2n) is 11.8. The van der Waals surface area contributed by atoms with E-state index >= 15 is 0 Å². The summed E-state index contributed by atoms with van der Waals surface area (Å²) in [5, 5.41) is 8.33. The number of carbonyl (C=O) groups excluding carboxylic acids is 1. The summed E-state index contributed by atoms with van der Waals surface area (Å²) in [5.74, 6) is -0.815. The number of hydrogen-bond donors (Lipinski definition) is 1. The molecule has 41 heavy (non-hydrogen) atoms. The fourth-order valence-corrected chi connectivity index (χ4v) is 6.70. The normalized spacial score (nSPS) is 17.7. The third kappa shape index (κ3) is 5.63. The molecule has 1 aliphatic heterocycles. The van der Waals surface area contributed by atoms with Gasteiger partial charge in [-0.25, -0.2) is 18.1 Å². The van der Waals surface area contributed by atoms with Crippen molar-refractivity contribution in [3.8, 4) is 11.7 Å². The highest BCUT2D eigenvalue weighted by Gasteiger charge is 2.48. The summed E-state index contributed by atoms with van der Waals surface area (Å²) in [6.07, 6.45) is -1.03.